The number of nitrogens with zero attached hydrogens (tertiary/aromatic N) is 2. The van der Waals surface area contributed by atoms with E-state index in [4.69, 9.17) is 21.1 Å². The Balaban J connectivity index is 1.33. The predicted octanol–water partition coefficient (Wildman–Crippen LogP) is 5.66. The van der Waals surface area contributed by atoms with Crippen molar-refractivity contribution in [2.75, 3.05) is 45.3 Å². The SMILES string of the molecule is CO[C@H]1/C=C/CCN(C)C(=O)C[C@](O)(C(=O)NS(=O)(=O)c2ccc(C)cc2)c2ccc3c(c2)N(C[C@@H]2CC[C@H]21)C[C@@]1(CCCc2cc(Cl)ccc21)CO3. The van der Waals surface area contributed by atoms with Crippen LogP contribution in [-0.2, 0) is 41.8 Å². The summed E-state index contributed by atoms with van der Waals surface area (Å²) in [4.78, 5) is 31.6. The Kier molecular flexibility index (Phi) is 10.4. The summed E-state index contributed by atoms with van der Waals surface area (Å²) < 4.78 is 41.7. The molecule has 4 aliphatic rings. The quantitative estimate of drug-likeness (QED) is 0.327. The number of rotatable bonds is 4. The van der Waals surface area contributed by atoms with Crippen molar-refractivity contribution in [2.45, 2.75) is 73.9 Å². The maximum atomic E-state index is 14.2. The molecule has 1 fully saturated rings. The minimum Gasteiger partial charge on any atom is -0.490 e. The summed E-state index contributed by atoms with van der Waals surface area (Å²) in [6, 6.07) is 17.2. The maximum absolute atomic E-state index is 14.2. The summed E-state index contributed by atoms with van der Waals surface area (Å²) in [5, 5.41) is 13.1. The molecule has 0 radical (unpaired) electrons. The van der Waals surface area contributed by atoms with Crippen molar-refractivity contribution in [3.63, 3.8) is 0 Å². The van der Waals surface area contributed by atoms with E-state index in [0.717, 1.165) is 37.7 Å². The van der Waals surface area contributed by atoms with Gasteiger partial charge in [0.1, 0.15) is 5.75 Å². The van der Waals surface area contributed by atoms with Gasteiger partial charge in [0.2, 0.25) is 5.91 Å². The second kappa shape index (κ2) is 14.7. The molecule has 3 aromatic rings. The van der Waals surface area contributed by atoms with Crippen LogP contribution in [0.25, 0.3) is 0 Å². The minimum absolute atomic E-state index is 0.0764. The van der Waals surface area contributed by atoms with Crippen LogP contribution < -0.4 is 14.4 Å². The molecule has 10 nitrogen and oxygen atoms in total. The minimum atomic E-state index is -4.39. The van der Waals surface area contributed by atoms with Gasteiger partial charge in [-0.2, -0.15) is 0 Å². The van der Waals surface area contributed by atoms with Gasteiger partial charge in [0.25, 0.3) is 15.9 Å². The third-order valence-corrected chi connectivity index (χ3v) is 13.4. The Morgan fingerprint density at radius 1 is 1.09 bits per heavy atom. The highest BCUT2D eigenvalue weighted by Crippen LogP contribution is 2.48. The number of hydrogen-bond acceptors (Lipinski definition) is 8. The molecule has 1 saturated carbocycles. The number of hydrogen-bond donors (Lipinski definition) is 2. The van der Waals surface area contributed by atoms with E-state index in [0.29, 0.717) is 55.0 Å². The van der Waals surface area contributed by atoms with Gasteiger partial charge < -0.3 is 24.4 Å². The first-order chi connectivity index (χ1) is 25.3. The summed E-state index contributed by atoms with van der Waals surface area (Å²) in [7, 11) is -1.04. The molecule has 3 aromatic carbocycles. The lowest BCUT2D eigenvalue weighted by Gasteiger charge is -2.46. The van der Waals surface area contributed by atoms with Crippen LogP contribution in [0, 0.1) is 18.8 Å². The largest absolute Gasteiger partial charge is 0.490 e. The normalized spacial score (nSPS) is 28.2. The van der Waals surface area contributed by atoms with Crippen molar-refractivity contribution in [2.24, 2.45) is 11.8 Å². The van der Waals surface area contributed by atoms with Crippen LogP contribution in [0.1, 0.15) is 60.8 Å². The van der Waals surface area contributed by atoms with Crippen LogP contribution in [0.5, 0.6) is 5.75 Å². The summed E-state index contributed by atoms with van der Waals surface area (Å²) in [5.41, 5.74) is 1.16. The van der Waals surface area contributed by atoms with Gasteiger partial charge >= 0.3 is 0 Å². The predicted molar refractivity (Wildman–Crippen MR) is 204 cm³/mol. The van der Waals surface area contributed by atoms with Crippen molar-refractivity contribution >= 4 is 39.1 Å². The Bertz CT molecular complexity index is 2020. The smallest absolute Gasteiger partial charge is 0.270 e. The molecule has 53 heavy (non-hydrogen) atoms. The number of amides is 2. The van der Waals surface area contributed by atoms with Crippen LogP contribution in [0.2, 0.25) is 5.02 Å². The summed E-state index contributed by atoms with van der Waals surface area (Å²) in [5.74, 6) is -0.563. The standard InChI is InChI=1S/C41H48ClN3O7S/c1-27-9-14-32(15-10-27)53(49,50)43-39(47)41(48)23-38(46)44(2)20-5-4-8-36(51-3)33-16-11-29(33)24-45-25-40(26-52-37-18-12-30(41)22-35(37)45)19-6-7-28-21-31(42)13-17-34(28)40/h4,8-10,12-15,17-18,21-22,29,33,36,48H,5-7,11,16,19-20,23-26H2,1-3H3,(H,43,47)/b8-4+/t29-,33+,36-,40-,41+/m0/s1. The first kappa shape index (κ1) is 37.4. The summed E-state index contributed by atoms with van der Waals surface area (Å²) >= 11 is 6.46. The molecule has 5 atom stereocenters. The number of carbonyl (C=O) groups is 2. The fraction of sp³-hybridized carbons (Fsp3) is 0.463. The number of nitrogens with one attached hydrogen (secondary N) is 1. The van der Waals surface area contributed by atoms with E-state index in [-0.39, 0.29) is 27.9 Å². The number of benzene rings is 3. The lowest BCUT2D eigenvalue weighted by atomic mass is 9.68. The van der Waals surface area contributed by atoms with Crippen LogP contribution in [0.4, 0.5) is 5.69 Å². The zero-order valence-corrected chi connectivity index (χ0v) is 32.1. The molecule has 0 saturated heterocycles. The highest BCUT2D eigenvalue weighted by atomic mass is 35.5. The molecule has 2 N–H and O–H groups in total. The average molecular weight is 762 g/mol. The molecule has 2 amide bonds. The van der Waals surface area contributed by atoms with Gasteiger partial charge in [0.05, 0.1) is 29.7 Å². The van der Waals surface area contributed by atoms with Crippen LogP contribution in [-0.4, -0.2) is 76.7 Å². The second-order valence-electron chi connectivity index (χ2n) is 15.3. The molecular formula is C41H48ClN3O7S. The number of ether oxygens (including phenoxy) is 2. The lowest BCUT2D eigenvalue weighted by molar-refractivity contribution is -0.148. The van der Waals surface area contributed by atoms with Gasteiger partial charge in [0.15, 0.2) is 5.60 Å². The Labute approximate surface area is 317 Å². The molecule has 282 valence electrons. The van der Waals surface area contributed by atoms with Crippen molar-refractivity contribution in [1.29, 1.82) is 0 Å². The zero-order chi connectivity index (χ0) is 37.5. The lowest BCUT2D eigenvalue weighted by Crippen LogP contribution is -2.50. The molecule has 12 heteroatoms. The van der Waals surface area contributed by atoms with E-state index in [9.17, 15) is 23.1 Å². The van der Waals surface area contributed by atoms with E-state index >= 15 is 0 Å². The van der Waals surface area contributed by atoms with Gasteiger partial charge in [-0.05, 0) is 110 Å². The molecular weight excluding hydrogens is 714 g/mol. The van der Waals surface area contributed by atoms with Gasteiger partial charge in [-0.1, -0.05) is 53.6 Å². The number of anilines is 1. The van der Waals surface area contributed by atoms with E-state index in [2.05, 4.69) is 27.8 Å². The fourth-order valence-electron chi connectivity index (χ4n) is 8.58. The van der Waals surface area contributed by atoms with E-state index in [1.165, 1.54) is 28.2 Å². The average Bonchev–Trinajstić information content (AvgIpc) is 3.27. The molecule has 2 aliphatic heterocycles. The van der Waals surface area contributed by atoms with E-state index < -0.39 is 33.9 Å². The van der Waals surface area contributed by atoms with Gasteiger partial charge in [-0.25, -0.2) is 13.1 Å². The molecule has 0 unspecified atom stereocenters. The first-order valence-corrected chi connectivity index (χ1v) is 20.3. The van der Waals surface area contributed by atoms with Crippen LogP contribution in [0.3, 0.4) is 0 Å². The summed E-state index contributed by atoms with van der Waals surface area (Å²) in [6.07, 6.45) is 8.73. The molecule has 2 heterocycles. The number of halogens is 1. The van der Waals surface area contributed by atoms with Gasteiger partial charge in [-0.3, -0.25) is 9.59 Å². The number of methoxy groups -OCH3 is 1. The molecule has 0 aromatic heterocycles. The maximum Gasteiger partial charge on any atom is 0.270 e. The molecule has 7 rings (SSSR count). The zero-order valence-electron chi connectivity index (χ0n) is 30.5. The number of aliphatic hydroxyl groups is 1. The third-order valence-electron chi connectivity index (χ3n) is 11.9. The topological polar surface area (TPSA) is 125 Å². The van der Waals surface area contributed by atoms with Crippen molar-refractivity contribution < 1.29 is 32.6 Å². The molecule has 2 aliphatic carbocycles. The fourth-order valence-corrected chi connectivity index (χ4v) is 9.80. The third kappa shape index (κ3) is 7.33. The molecule has 2 bridgehead atoms. The van der Waals surface area contributed by atoms with Crippen molar-refractivity contribution in [3.8, 4) is 5.75 Å². The monoisotopic (exact) mass is 761 g/mol. The van der Waals surface area contributed by atoms with Crippen LogP contribution in [0.15, 0.2) is 77.7 Å². The highest BCUT2D eigenvalue weighted by molar-refractivity contribution is 7.90. The Hall–Kier alpha value is -3.90. The van der Waals surface area contributed by atoms with Crippen molar-refractivity contribution in [3.05, 3.63) is 100 Å². The van der Waals surface area contributed by atoms with E-state index in [1.54, 1.807) is 44.5 Å². The molecule has 1 spiro atoms. The highest BCUT2D eigenvalue weighted by Gasteiger charge is 2.47. The Morgan fingerprint density at radius 3 is 2.62 bits per heavy atom. The van der Waals surface area contributed by atoms with Gasteiger partial charge in [0, 0.05) is 44.2 Å². The summed E-state index contributed by atoms with van der Waals surface area (Å²) in [6.45, 7) is 3.87. The number of carbonyl (C=O) groups excluding carboxylic acids is 2. The second-order valence-corrected chi connectivity index (χ2v) is 17.4. The van der Waals surface area contributed by atoms with Crippen LogP contribution >= 0.6 is 11.6 Å². The van der Waals surface area contributed by atoms with Crippen molar-refractivity contribution in [1.82, 2.24) is 9.62 Å². The van der Waals surface area contributed by atoms with E-state index in [1.807, 2.05) is 19.1 Å². The number of fused-ring (bicyclic) bond motifs is 4. The number of sulfonamides is 1. The van der Waals surface area contributed by atoms with Gasteiger partial charge in [-0.15, -0.1) is 0 Å². The Morgan fingerprint density at radius 2 is 1.89 bits per heavy atom. The first-order valence-electron chi connectivity index (χ1n) is 18.4. The number of aryl methyl sites for hydroxylation is 2.